The van der Waals surface area contributed by atoms with Crippen molar-refractivity contribution >= 4 is 34.4 Å². The zero-order valence-electron chi connectivity index (χ0n) is 16.0. The number of guanidine groups is 1. The maximum atomic E-state index is 12.4. The normalized spacial score (nSPS) is 14.4. The van der Waals surface area contributed by atoms with E-state index >= 15 is 0 Å². The molecule has 0 saturated carbocycles. The van der Waals surface area contributed by atoms with Gasteiger partial charge in [0.1, 0.15) is 17.2 Å². The van der Waals surface area contributed by atoms with Gasteiger partial charge in [0.2, 0.25) is 0 Å². The molecule has 0 aliphatic carbocycles. The molecule has 1 fully saturated rings. The standard InChI is InChI=1S/C20H22ClN5O3/c1-25(20(22)23)19(27)17-10-14-15(21)8-13(9-16(14)24-17)29-18-5-4-12(28-18)11-26-6-2-3-7-26/h4-5,8-10,24H,2-3,6-7,11H2,1H3,(H3,22,23). The van der Waals surface area contributed by atoms with Crippen molar-refractivity contribution in [1.82, 2.24) is 14.8 Å². The summed E-state index contributed by atoms with van der Waals surface area (Å²) in [5.74, 6) is 0.962. The number of nitrogens with one attached hydrogen (secondary N) is 2. The molecular weight excluding hydrogens is 394 g/mol. The van der Waals surface area contributed by atoms with Gasteiger partial charge in [-0.25, -0.2) is 0 Å². The summed E-state index contributed by atoms with van der Waals surface area (Å²) >= 11 is 6.38. The molecule has 3 aromatic rings. The number of H-pyrrole nitrogens is 1. The van der Waals surface area contributed by atoms with Crippen molar-refractivity contribution in [3.63, 3.8) is 0 Å². The molecule has 9 heteroatoms. The second-order valence-corrected chi connectivity index (χ2v) is 7.51. The Kier molecular flexibility index (Phi) is 5.21. The van der Waals surface area contributed by atoms with Crippen LogP contribution >= 0.6 is 11.6 Å². The Morgan fingerprint density at radius 3 is 2.83 bits per heavy atom. The highest BCUT2D eigenvalue weighted by Crippen LogP contribution is 2.33. The zero-order chi connectivity index (χ0) is 20.5. The number of likely N-dealkylation sites (tertiary alicyclic amines) is 1. The summed E-state index contributed by atoms with van der Waals surface area (Å²) in [6.07, 6.45) is 2.46. The van der Waals surface area contributed by atoms with Crippen molar-refractivity contribution in [2.45, 2.75) is 19.4 Å². The third kappa shape index (κ3) is 4.08. The number of hydrogen-bond donors (Lipinski definition) is 3. The first-order chi connectivity index (χ1) is 13.9. The van der Waals surface area contributed by atoms with Gasteiger partial charge in [-0.15, -0.1) is 0 Å². The fourth-order valence-electron chi connectivity index (χ4n) is 3.41. The van der Waals surface area contributed by atoms with E-state index in [-0.39, 0.29) is 11.7 Å². The highest BCUT2D eigenvalue weighted by atomic mass is 35.5. The minimum absolute atomic E-state index is 0.280. The van der Waals surface area contributed by atoms with Crippen molar-refractivity contribution in [3.05, 3.63) is 46.8 Å². The molecule has 1 aromatic carbocycles. The van der Waals surface area contributed by atoms with Gasteiger partial charge in [0, 0.05) is 30.6 Å². The van der Waals surface area contributed by atoms with E-state index < -0.39 is 5.91 Å². The first-order valence-corrected chi connectivity index (χ1v) is 9.72. The summed E-state index contributed by atoms with van der Waals surface area (Å²) in [5.41, 5.74) is 6.29. The minimum atomic E-state index is -0.426. The van der Waals surface area contributed by atoms with Crippen LogP contribution < -0.4 is 10.5 Å². The van der Waals surface area contributed by atoms with E-state index in [9.17, 15) is 4.79 Å². The Balaban J connectivity index is 1.53. The lowest BCUT2D eigenvalue weighted by Crippen LogP contribution is -2.38. The molecule has 1 aliphatic heterocycles. The average molecular weight is 416 g/mol. The molecule has 29 heavy (non-hydrogen) atoms. The predicted molar refractivity (Wildman–Crippen MR) is 111 cm³/mol. The van der Waals surface area contributed by atoms with E-state index in [1.54, 1.807) is 24.3 Å². The quantitative estimate of drug-likeness (QED) is 0.434. The number of furan rings is 1. The minimum Gasteiger partial charge on any atom is -0.429 e. The van der Waals surface area contributed by atoms with Crippen LogP contribution in [0.1, 0.15) is 29.1 Å². The number of aromatic amines is 1. The zero-order valence-corrected chi connectivity index (χ0v) is 16.8. The van der Waals surface area contributed by atoms with Crippen LogP contribution in [0.4, 0.5) is 0 Å². The monoisotopic (exact) mass is 415 g/mol. The summed E-state index contributed by atoms with van der Waals surface area (Å²) in [5, 5.41) is 8.50. The van der Waals surface area contributed by atoms with Gasteiger partial charge in [0.15, 0.2) is 5.96 Å². The molecule has 1 amide bonds. The molecular formula is C20H22ClN5O3. The second-order valence-electron chi connectivity index (χ2n) is 7.10. The number of halogens is 1. The molecule has 4 rings (SSSR count). The van der Waals surface area contributed by atoms with Crippen molar-refractivity contribution in [1.29, 1.82) is 5.41 Å². The number of nitrogens with zero attached hydrogens (tertiary/aromatic N) is 2. The highest BCUT2D eigenvalue weighted by molar-refractivity contribution is 6.35. The first kappa shape index (κ1) is 19.4. The van der Waals surface area contributed by atoms with Gasteiger partial charge < -0.3 is 19.9 Å². The van der Waals surface area contributed by atoms with E-state index in [1.165, 1.54) is 19.9 Å². The van der Waals surface area contributed by atoms with E-state index in [0.717, 1.165) is 30.3 Å². The van der Waals surface area contributed by atoms with Crippen molar-refractivity contribution in [2.75, 3.05) is 20.1 Å². The molecule has 152 valence electrons. The van der Waals surface area contributed by atoms with Gasteiger partial charge in [0.25, 0.3) is 11.9 Å². The summed E-state index contributed by atoms with van der Waals surface area (Å²) in [6.45, 7) is 2.96. The van der Waals surface area contributed by atoms with Crippen molar-refractivity contribution in [3.8, 4) is 11.7 Å². The molecule has 1 saturated heterocycles. The maximum Gasteiger partial charge on any atom is 0.290 e. The lowest BCUT2D eigenvalue weighted by atomic mass is 10.2. The highest BCUT2D eigenvalue weighted by Gasteiger charge is 2.18. The Morgan fingerprint density at radius 2 is 2.10 bits per heavy atom. The van der Waals surface area contributed by atoms with Crippen LogP contribution in [-0.4, -0.2) is 46.8 Å². The summed E-state index contributed by atoms with van der Waals surface area (Å²) in [4.78, 5) is 18.8. The number of amides is 1. The van der Waals surface area contributed by atoms with Crippen LogP contribution in [0.15, 0.2) is 34.7 Å². The van der Waals surface area contributed by atoms with Crippen molar-refractivity contribution in [2.24, 2.45) is 5.73 Å². The van der Waals surface area contributed by atoms with Crippen LogP contribution in [0.3, 0.4) is 0 Å². The van der Waals surface area contributed by atoms with E-state index in [0.29, 0.717) is 27.6 Å². The van der Waals surface area contributed by atoms with E-state index in [1.807, 2.05) is 6.07 Å². The summed E-state index contributed by atoms with van der Waals surface area (Å²) in [7, 11) is 1.43. The SMILES string of the molecule is CN(C(=N)N)C(=O)c1cc2c(Cl)cc(Oc3ccc(CN4CCCC4)o3)cc2[nH]1. The summed E-state index contributed by atoms with van der Waals surface area (Å²) < 4.78 is 11.6. The molecule has 3 heterocycles. The molecule has 2 aromatic heterocycles. The molecule has 0 spiro atoms. The lowest BCUT2D eigenvalue weighted by Gasteiger charge is -2.12. The van der Waals surface area contributed by atoms with Crippen LogP contribution in [0.2, 0.25) is 5.02 Å². The van der Waals surface area contributed by atoms with Gasteiger partial charge >= 0.3 is 0 Å². The van der Waals surface area contributed by atoms with Crippen molar-refractivity contribution < 1.29 is 13.9 Å². The van der Waals surface area contributed by atoms with Crippen LogP contribution in [0.25, 0.3) is 10.9 Å². The Labute approximate surface area is 172 Å². The fourth-order valence-corrected chi connectivity index (χ4v) is 3.67. The molecule has 8 nitrogen and oxygen atoms in total. The lowest BCUT2D eigenvalue weighted by molar-refractivity contribution is 0.0864. The number of carbonyl (C=O) groups excluding carboxylic acids is 1. The van der Waals surface area contributed by atoms with Gasteiger partial charge in [-0.05, 0) is 38.1 Å². The third-order valence-electron chi connectivity index (χ3n) is 4.99. The van der Waals surface area contributed by atoms with Gasteiger partial charge in [-0.3, -0.25) is 20.0 Å². The molecule has 1 aliphatic rings. The number of fused-ring (bicyclic) bond motifs is 1. The Hall–Kier alpha value is -2.97. The Morgan fingerprint density at radius 1 is 1.34 bits per heavy atom. The predicted octanol–water partition coefficient (Wildman–Crippen LogP) is 3.77. The van der Waals surface area contributed by atoms with Gasteiger partial charge in [-0.2, -0.15) is 0 Å². The Bertz CT molecular complexity index is 1070. The van der Waals surface area contributed by atoms with E-state index in [2.05, 4.69) is 9.88 Å². The third-order valence-corrected chi connectivity index (χ3v) is 5.30. The topological polar surface area (TPSA) is 112 Å². The van der Waals surface area contributed by atoms with Crippen LogP contribution in [0.5, 0.6) is 11.7 Å². The molecule has 0 unspecified atom stereocenters. The van der Waals surface area contributed by atoms with E-state index in [4.69, 9.17) is 31.9 Å². The fraction of sp³-hybridized carbons (Fsp3) is 0.300. The number of carbonyl (C=O) groups is 1. The summed E-state index contributed by atoms with van der Waals surface area (Å²) in [6, 6.07) is 8.74. The number of ether oxygens (including phenoxy) is 1. The first-order valence-electron chi connectivity index (χ1n) is 9.34. The van der Waals surface area contributed by atoms with Gasteiger partial charge in [0.05, 0.1) is 17.1 Å². The number of hydrogen-bond acceptors (Lipinski definition) is 5. The molecule has 0 radical (unpaired) electrons. The number of aromatic nitrogens is 1. The number of benzene rings is 1. The largest absolute Gasteiger partial charge is 0.429 e. The number of nitrogens with two attached hydrogens (primary N) is 1. The average Bonchev–Trinajstić information content (AvgIpc) is 3.42. The molecule has 0 atom stereocenters. The van der Waals surface area contributed by atoms with Gasteiger partial charge in [-0.1, -0.05) is 11.6 Å². The second kappa shape index (κ2) is 7.81. The van der Waals surface area contributed by atoms with Crippen LogP contribution in [-0.2, 0) is 6.54 Å². The smallest absolute Gasteiger partial charge is 0.290 e. The van der Waals surface area contributed by atoms with Crippen LogP contribution in [0, 0.1) is 5.41 Å². The number of rotatable bonds is 5. The molecule has 0 bridgehead atoms. The molecule has 4 N–H and O–H groups in total. The maximum absolute atomic E-state index is 12.4.